The highest BCUT2D eigenvalue weighted by Gasteiger charge is 2.13. The molecule has 6 heteroatoms. The highest BCUT2D eigenvalue weighted by Crippen LogP contribution is 2.22. The van der Waals surface area contributed by atoms with Gasteiger partial charge >= 0.3 is 0 Å². The summed E-state index contributed by atoms with van der Waals surface area (Å²) in [5.41, 5.74) is 3.36. The molecule has 1 N–H and O–H groups in total. The van der Waals surface area contributed by atoms with E-state index < -0.39 is 0 Å². The molecule has 0 saturated heterocycles. The van der Waals surface area contributed by atoms with Crippen molar-refractivity contribution in [3.8, 4) is 5.69 Å². The van der Waals surface area contributed by atoms with Crippen LogP contribution in [0.15, 0.2) is 52.3 Å². The van der Waals surface area contributed by atoms with E-state index in [1.807, 2.05) is 26.0 Å². The second-order valence-electron chi connectivity index (χ2n) is 6.06. The first-order chi connectivity index (χ1) is 12.5. The third-order valence-electron chi connectivity index (χ3n) is 4.08. The highest BCUT2D eigenvalue weighted by molar-refractivity contribution is 6.30. The molecule has 26 heavy (non-hydrogen) atoms. The van der Waals surface area contributed by atoms with Gasteiger partial charge in [-0.05, 0) is 61.4 Å². The Morgan fingerprint density at radius 2 is 1.96 bits per heavy atom. The molecule has 0 aliphatic carbocycles. The van der Waals surface area contributed by atoms with Crippen LogP contribution in [0, 0.1) is 12.7 Å². The molecule has 134 valence electrons. The molecule has 4 nitrogen and oxygen atoms in total. The zero-order chi connectivity index (χ0) is 18.7. The Morgan fingerprint density at radius 3 is 2.62 bits per heavy atom. The summed E-state index contributed by atoms with van der Waals surface area (Å²) >= 11 is 5.97. The summed E-state index contributed by atoms with van der Waals surface area (Å²) in [6.07, 6.45) is 3.18. The number of benzene rings is 2. The molecule has 3 aromatic rings. The molecule has 1 aromatic heterocycles. The number of aromatic amines is 1. The van der Waals surface area contributed by atoms with E-state index in [2.05, 4.69) is 10.1 Å². The van der Waals surface area contributed by atoms with Crippen molar-refractivity contribution in [1.29, 1.82) is 0 Å². The molecule has 0 amide bonds. The van der Waals surface area contributed by atoms with Gasteiger partial charge in [0.15, 0.2) is 0 Å². The van der Waals surface area contributed by atoms with Crippen LogP contribution in [-0.2, 0) is 6.42 Å². The van der Waals surface area contributed by atoms with Gasteiger partial charge in [0.05, 0.1) is 16.9 Å². The molecule has 0 radical (unpaired) electrons. The van der Waals surface area contributed by atoms with E-state index in [9.17, 15) is 9.18 Å². The van der Waals surface area contributed by atoms with Crippen molar-refractivity contribution in [2.45, 2.75) is 26.7 Å². The minimum absolute atomic E-state index is 0.213. The van der Waals surface area contributed by atoms with Crippen LogP contribution >= 0.6 is 11.6 Å². The summed E-state index contributed by atoms with van der Waals surface area (Å²) in [6, 6.07) is 11.2. The third-order valence-corrected chi connectivity index (χ3v) is 4.32. The van der Waals surface area contributed by atoms with Gasteiger partial charge in [-0.2, -0.15) is 0 Å². The molecule has 1 heterocycles. The lowest BCUT2D eigenvalue weighted by Crippen LogP contribution is -2.17. The van der Waals surface area contributed by atoms with Crippen LogP contribution in [0.5, 0.6) is 0 Å². The second kappa shape index (κ2) is 7.70. The average molecular weight is 372 g/mol. The molecule has 0 fully saturated rings. The number of aliphatic imine (C=N–C) groups is 1. The highest BCUT2D eigenvalue weighted by atomic mass is 35.5. The van der Waals surface area contributed by atoms with E-state index in [1.54, 1.807) is 24.4 Å². The monoisotopic (exact) mass is 371 g/mol. The van der Waals surface area contributed by atoms with Crippen molar-refractivity contribution >= 4 is 23.5 Å². The maximum Gasteiger partial charge on any atom is 0.280 e. The van der Waals surface area contributed by atoms with Crippen LogP contribution in [-0.4, -0.2) is 16.0 Å². The summed E-state index contributed by atoms with van der Waals surface area (Å²) in [5.74, 6) is -0.345. The van der Waals surface area contributed by atoms with Crippen LogP contribution in [0.3, 0.4) is 0 Å². The minimum atomic E-state index is -0.345. The topological polar surface area (TPSA) is 50.1 Å². The van der Waals surface area contributed by atoms with Crippen LogP contribution in [0.25, 0.3) is 5.69 Å². The van der Waals surface area contributed by atoms with Gasteiger partial charge in [0.2, 0.25) is 0 Å². The van der Waals surface area contributed by atoms with Crippen molar-refractivity contribution in [2.24, 2.45) is 4.99 Å². The lowest BCUT2D eigenvalue weighted by molar-refractivity contribution is 0.626. The normalized spacial score (nSPS) is 11.4. The van der Waals surface area contributed by atoms with Gasteiger partial charge in [-0.25, -0.2) is 9.07 Å². The molecule has 0 bridgehead atoms. The van der Waals surface area contributed by atoms with Gasteiger partial charge in [-0.3, -0.25) is 14.9 Å². The van der Waals surface area contributed by atoms with Crippen molar-refractivity contribution < 1.29 is 4.39 Å². The number of halogens is 2. The Morgan fingerprint density at radius 1 is 1.23 bits per heavy atom. The van der Waals surface area contributed by atoms with Crippen molar-refractivity contribution in [2.75, 3.05) is 0 Å². The van der Waals surface area contributed by atoms with E-state index in [4.69, 9.17) is 11.6 Å². The predicted molar refractivity (Wildman–Crippen MR) is 104 cm³/mol. The zero-order valence-electron chi connectivity index (χ0n) is 14.6. The van der Waals surface area contributed by atoms with E-state index in [0.717, 1.165) is 23.4 Å². The van der Waals surface area contributed by atoms with Gasteiger partial charge < -0.3 is 0 Å². The lowest BCUT2D eigenvalue weighted by Gasteiger charge is -2.01. The van der Waals surface area contributed by atoms with Gasteiger partial charge in [0, 0.05) is 16.9 Å². The van der Waals surface area contributed by atoms with E-state index in [-0.39, 0.29) is 11.4 Å². The van der Waals surface area contributed by atoms with E-state index >= 15 is 0 Å². The first kappa shape index (κ1) is 18.1. The number of aryl methyl sites for hydroxylation is 2. The fraction of sp³-hybridized carbons (Fsp3) is 0.200. The van der Waals surface area contributed by atoms with Crippen molar-refractivity contribution in [3.63, 3.8) is 0 Å². The quantitative estimate of drug-likeness (QED) is 0.632. The zero-order valence-corrected chi connectivity index (χ0v) is 15.3. The SMILES string of the molecule is CCCc1[nH]n(-c2ccc(F)cc2)c(=O)c1C=Nc1ccc(Cl)cc1C. The number of nitrogens with one attached hydrogen (secondary N) is 1. The van der Waals surface area contributed by atoms with Crippen LogP contribution in [0.1, 0.15) is 30.2 Å². The molecule has 2 aromatic carbocycles. The molecule has 0 unspecified atom stereocenters. The summed E-state index contributed by atoms with van der Waals surface area (Å²) in [5, 5.41) is 3.76. The molecule has 0 spiro atoms. The van der Waals surface area contributed by atoms with Gasteiger partial charge in [-0.15, -0.1) is 0 Å². The second-order valence-corrected chi connectivity index (χ2v) is 6.50. The van der Waals surface area contributed by atoms with Gasteiger partial charge in [0.1, 0.15) is 5.82 Å². The Kier molecular flexibility index (Phi) is 5.38. The molecule has 0 saturated carbocycles. The molecular weight excluding hydrogens is 353 g/mol. The molecule has 3 rings (SSSR count). The third kappa shape index (κ3) is 3.78. The Labute approximate surface area is 156 Å². The average Bonchev–Trinajstić information content (AvgIpc) is 2.91. The van der Waals surface area contributed by atoms with Crippen molar-refractivity contribution in [3.05, 3.63) is 80.5 Å². The van der Waals surface area contributed by atoms with Crippen LogP contribution in [0.4, 0.5) is 10.1 Å². The molecule has 0 atom stereocenters. The number of hydrogen-bond acceptors (Lipinski definition) is 2. The Balaban J connectivity index is 2.04. The van der Waals surface area contributed by atoms with Crippen LogP contribution < -0.4 is 5.56 Å². The number of nitrogens with zero attached hydrogens (tertiary/aromatic N) is 2. The van der Waals surface area contributed by atoms with E-state index in [1.165, 1.54) is 16.8 Å². The van der Waals surface area contributed by atoms with Crippen LogP contribution in [0.2, 0.25) is 5.02 Å². The van der Waals surface area contributed by atoms with E-state index in [0.29, 0.717) is 22.7 Å². The number of hydrogen-bond donors (Lipinski definition) is 1. The maximum atomic E-state index is 13.2. The number of rotatable bonds is 5. The predicted octanol–water partition coefficient (Wildman–Crippen LogP) is 4.97. The van der Waals surface area contributed by atoms with Gasteiger partial charge in [0.25, 0.3) is 5.56 Å². The summed E-state index contributed by atoms with van der Waals surface area (Å²) < 4.78 is 14.6. The summed E-state index contributed by atoms with van der Waals surface area (Å²) in [4.78, 5) is 17.3. The summed E-state index contributed by atoms with van der Waals surface area (Å²) in [7, 11) is 0. The molecule has 0 aliphatic heterocycles. The largest absolute Gasteiger partial charge is 0.294 e. The lowest BCUT2D eigenvalue weighted by atomic mass is 10.1. The van der Waals surface area contributed by atoms with Gasteiger partial charge in [-0.1, -0.05) is 24.9 Å². The maximum absolute atomic E-state index is 13.2. The summed E-state index contributed by atoms with van der Waals surface area (Å²) in [6.45, 7) is 3.96. The first-order valence-electron chi connectivity index (χ1n) is 8.39. The Hall–Kier alpha value is -2.66. The molecular formula is C20H19ClFN3O. The first-order valence-corrected chi connectivity index (χ1v) is 8.77. The molecule has 0 aliphatic rings. The standard InChI is InChI=1S/C20H19ClFN3O/c1-3-4-19-17(12-23-18-10-5-14(21)11-13(18)2)20(26)25(24-19)16-8-6-15(22)7-9-16/h5-12,24H,3-4H2,1-2H3. The fourth-order valence-corrected chi connectivity index (χ4v) is 2.97. The smallest absolute Gasteiger partial charge is 0.280 e. The minimum Gasteiger partial charge on any atom is -0.294 e. The number of H-pyrrole nitrogens is 1. The Bertz CT molecular complexity index is 1000. The fourth-order valence-electron chi connectivity index (χ4n) is 2.74. The van der Waals surface area contributed by atoms with Crippen molar-refractivity contribution in [1.82, 2.24) is 9.78 Å². The number of aromatic nitrogens is 2.